The van der Waals surface area contributed by atoms with Crippen molar-refractivity contribution in [1.29, 1.82) is 0 Å². The van der Waals surface area contributed by atoms with Crippen LogP contribution >= 0.6 is 0 Å². The quantitative estimate of drug-likeness (QED) is 0.733. The Balaban J connectivity index is 1.70. The number of nitrogens with zero attached hydrogens (tertiary/aromatic N) is 3. The number of hydrogen-bond donors (Lipinski definition) is 1. The van der Waals surface area contributed by atoms with Crippen LogP contribution in [0.4, 0.5) is 14.7 Å². The highest BCUT2D eigenvalue weighted by molar-refractivity contribution is 5.43. The van der Waals surface area contributed by atoms with Gasteiger partial charge in [0.05, 0.1) is 19.2 Å². The lowest BCUT2D eigenvalue weighted by molar-refractivity contribution is -0.0507. The van der Waals surface area contributed by atoms with Gasteiger partial charge in [0.2, 0.25) is 5.95 Å². The van der Waals surface area contributed by atoms with Crippen LogP contribution < -0.4 is 14.8 Å². The molecular weight excluding hydrogens is 354 g/mol. The van der Waals surface area contributed by atoms with E-state index in [9.17, 15) is 8.78 Å². The van der Waals surface area contributed by atoms with Gasteiger partial charge in [-0.15, -0.1) is 0 Å². The predicted molar refractivity (Wildman–Crippen MR) is 95.2 cm³/mol. The summed E-state index contributed by atoms with van der Waals surface area (Å²) in [6.07, 6.45) is 2.05. The first-order valence-electron chi connectivity index (χ1n) is 8.49. The molecule has 1 aliphatic rings. The Kier molecular flexibility index (Phi) is 4.62. The topological polar surface area (TPSA) is 61.2 Å². The fourth-order valence-electron chi connectivity index (χ4n) is 3.39. The standard InChI is InChI=1S/C19H18F2N4O2/c1-26-13-8-6-12(7-9-13)15-10-16(25-19(24-15)22-11-23-25)14-4-2-3-5-17(14)27-18(20)21/h2-9,11,15-16,18H,10H2,1H3,(H,22,23,24)/t15-,16+/m0/s1. The highest BCUT2D eigenvalue weighted by atomic mass is 19.3. The van der Waals surface area contributed by atoms with Crippen molar-refractivity contribution in [3.05, 3.63) is 66.0 Å². The monoisotopic (exact) mass is 372 g/mol. The average molecular weight is 372 g/mol. The van der Waals surface area contributed by atoms with Crippen LogP contribution in [0.15, 0.2) is 54.9 Å². The number of nitrogens with one attached hydrogen (secondary N) is 1. The van der Waals surface area contributed by atoms with E-state index in [1.165, 1.54) is 6.33 Å². The molecule has 0 fully saturated rings. The summed E-state index contributed by atoms with van der Waals surface area (Å²) in [7, 11) is 1.62. The molecule has 1 aliphatic heterocycles. The minimum atomic E-state index is -2.89. The molecule has 2 heterocycles. The van der Waals surface area contributed by atoms with Gasteiger partial charge in [-0.05, 0) is 30.2 Å². The van der Waals surface area contributed by atoms with Gasteiger partial charge in [0.15, 0.2) is 0 Å². The van der Waals surface area contributed by atoms with Crippen LogP contribution in [0, 0.1) is 0 Å². The van der Waals surface area contributed by atoms with Crippen LogP contribution in [0.5, 0.6) is 11.5 Å². The lowest BCUT2D eigenvalue weighted by atomic mass is 9.93. The van der Waals surface area contributed by atoms with E-state index in [4.69, 9.17) is 9.47 Å². The maximum absolute atomic E-state index is 12.8. The van der Waals surface area contributed by atoms with Gasteiger partial charge < -0.3 is 14.8 Å². The number of hydrogen-bond acceptors (Lipinski definition) is 5. The minimum absolute atomic E-state index is 0.0581. The van der Waals surface area contributed by atoms with E-state index in [2.05, 4.69) is 15.4 Å². The largest absolute Gasteiger partial charge is 0.497 e. The fraction of sp³-hybridized carbons (Fsp3) is 0.263. The number of benzene rings is 2. The van der Waals surface area contributed by atoms with Crippen LogP contribution in [-0.2, 0) is 0 Å². The van der Waals surface area contributed by atoms with Gasteiger partial charge in [-0.2, -0.15) is 18.9 Å². The summed E-state index contributed by atoms with van der Waals surface area (Å²) in [6, 6.07) is 14.2. The minimum Gasteiger partial charge on any atom is -0.497 e. The van der Waals surface area contributed by atoms with Crippen molar-refractivity contribution in [3.8, 4) is 11.5 Å². The molecule has 140 valence electrons. The molecule has 2 atom stereocenters. The second-order valence-corrected chi connectivity index (χ2v) is 6.17. The molecule has 1 aromatic heterocycles. The first kappa shape index (κ1) is 17.3. The summed E-state index contributed by atoms with van der Waals surface area (Å²) in [6.45, 7) is -2.89. The molecule has 8 heteroatoms. The smallest absolute Gasteiger partial charge is 0.387 e. The van der Waals surface area contributed by atoms with Crippen LogP contribution in [0.2, 0.25) is 0 Å². The van der Waals surface area contributed by atoms with Crippen molar-refractivity contribution < 1.29 is 18.3 Å². The molecule has 0 aliphatic carbocycles. The molecule has 2 aromatic carbocycles. The Morgan fingerprint density at radius 2 is 1.93 bits per heavy atom. The number of fused-ring (bicyclic) bond motifs is 1. The van der Waals surface area contributed by atoms with Crippen molar-refractivity contribution in [2.75, 3.05) is 12.4 Å². The number of anilines is 1. The van der Waals surface area contributed by atoms with Gasteiger partial charge >= 0.3 is 6.61 Å². The summed E-state index contributed by atoms with van der Waals surface area (Å²) in [4.78, 5) is 4.26. The molecule has 6 nitrogen and oxygen atoms in total. The average Bonchev–Trinajstić information content (AvgIpc) is 3.16. The van der Waals surface area contributed by atoms with Crippen LogP contribution in [0.25, 0.3) is 0 Å². The van der Waals surface area contributed by atoms with E-state index in [1.807, 2.05) is 24.3 Å². The number of para-hydroxylation sites is 1. The highest BCUT2D eigenvalue weighted by Gasteiger charge is 2.32. The summed E-state index contributed by atoms with van der Waals surface area (Å²) in [5.74, 6) is 1.50. The summed E-state index contributed by atoms with van der Waals surface area (Å²) >= 11 is 0. The third kappa shape index (κ3) is 3.42. The second kappa shape index (κ2) is 7.22. The normalized spacial score (nSPS) is 18.7. The Labute approximate surface area is 154 Å². The third-order valence-electron chi connectivity index (χ3n) is 4.64. The molecule has 0 spiro atoms. The number of methoxy groups -OCH3 is 1. The van der Waals surface area contributed by atoms with Crippen LogP contribution in [-0.4, -0.2) is 28.5 Å². The Bertz CT molecular complexity index is 914. The van der Waals surface area contributed by atoms with Gasteiger partial charge in [0.25, 0.3) is 0 Å². The lowest BCUT2D eigenvalue weighted by Gasteiger charge is -2.32. The maximum Gasteiger partial charge on any atom is 0.387 e. The predicted octanol–water partition coefficient (Wildman–Crippen LogP) is 4.03. The van der Waals surface area contributed by atoms with Gasteiger partial charge in [0, 0.05) is 5.56 Å². The molecular formula is C19H18F2N4O2. The number of rotatable bonds is 5. The van der Waals surface area contributed by atoms with Crippen molar-refractivity contribution in [1.82, 2.24) is 14.8 Å². The zero-order chi connectivity index (χ0) is 18.8. The molecule has 0 saturated heterocycles. The zero-order valence-corrected chi connectivity index (χ0v) is 14.5. The Morgan fingerprint density at radius 3 is 2.67 bits per heavy atom. The molecule has 0 bridgehead atoms. The Morgan fingerprint density at radius 1 is 1.15 bits per heavy atom. The fourth-order valence-corrected chi connectivity index (χ4v) is 3.39. The van der Waals surface area contributed by atoms with Gasteiger partial charge in [-0.25, -0.2) is 4.68 Å². The molecule has 4 rings (SSSR count). The number of halogens is 2. The zero-order valence-electron chi connectivity index (χ0n) is 14.5. The van der Waals surface area contributed by atoms with Crippen molar-refractivity contribution in [2.45, 2.75) is 25.1 Å². The van der Waals surface area contributed by atoms with Crippen molar-refractivity contribution in [3.63, 3.8) is 0 Å². The Hall–Kier alpha value is -3.16. The van der Waals surface area contributed by atoms with E-state index in [1.54, 1.807) is 36.1 Å². The third-order valence-corrected chi connectivity index (χ3v) is 4.64. The summed E-state index contributed by atoms with van der Waals surface area (Å²) < 4.78 is 37.3. The molecule has 1 N–H and O–H groups in total. The molecule has 0 unspecified atom stereocenters. The highest BCUT2D eigenvalue weighted by Crippen LogP contribution is 2.40. The van der Waals surface area contributed by atoms with E-state index < -0.39 is 6.61 Å². The second-order valence-electron chi connectivity index (χ2n) is 6.17. The van der Waals surface area contributed by atoms with Crippen LogP contribution in [0.3, 0.4) is 0 Å². The SMILES string of the molecule is COc1ccc([C@@H]2C[C@H](c3ccccc3OC(F)F)n3ncnc3N2)cc1. The van der Waals surface area contributed by atoms with E-state index in [-0.39, 0.29) is 17.8 Å². The van der Waals surface area contributed by atoms with Gasteiger partial charge in [-0.1, -0.05) is 30.3 Å². The summed E-state index contributed by atoms with van der Waals surface area (Å²) in [5.41, 5.74) is 1.69. The molecule has 0 amide bonds. The molecule has 0 saturated carbocycles. The molecule has 27 heavy (non-hydrogen) atoms. The lowest BCUT2D eigenvalue weighted by Crippen LogP contribution is -2.28. The molecule has 0 radical (unpaired) electrons. The number of aromatic nitrogens is 3. The van der Waals surface area contributed by atoms with Gasteiger partial charge in [-0.3, -0.25) is 0 Å². The van der Waals surface area contributed by atoms with E-state index in [0.717, 1.165) is 11.3 Å². The van der Waals surface area contributed by atoms with Crippen molar-refractivity contribution >= 4 is 5.95 Å². The van der Waals surface area contributed by atoms with E-state index in [0.29, 0.717) is 17.9 Å². The van der Waals surface area contributed by atoms with Crippen molar-refractivity contribution in [2.24, 2.45) is 0 Å². The number of ether oxygens (including phenoxy) is 2. The van der Waals surface area contributed by atoms with Gasteiger partial charge in [0.1, 0.15) is 17.8 Å². The maximum atomic E-state index is 12.8. The first-order valence-corrected chi connectivity index (χ1v) is 8.49. The van der Waals surface area contributed by atoms with Crippen LogP contribution in [0.1, 0.15) is 29.6 Å². The number of alkyl halides is 2. The molecule has 3 aromatic rings. The summed E-state index contributed by atoms with van der Waals surface area (Å²) in [5, 5.41) is 7.62. The first-order chi connectivity index (χ1) is 13.2. The van der Waals surface area contributed by atoms with E-state index >= 15 is 0 Å².